The third-order valence-corrected chi connectivity index (χ3v) is 20.0. The molecule has 6 aromatic carbocycles. The van der Waals surface area contributed by atoms with Crippen molar-refractivity contribution in [3.05, 3.63) is 201 Å². The Kier molecular flexibility index (Phi) is 9.25. The zero-order valence-electron chi connectivity index (χ0n) is 35.7. The summed E-state index contributed by atoms with van der Waals surface area (Å²) in [6.07, 6.45) is 7.34. The normalized spacial score (nSPS) is 14.2. The summed E-state index contributed by atoms with van der Waals surface area (Å²) in [6.45, 7) is 9.83. The number of pyridine rings is 2. The van der Waals surface area contributed by atoms with Crippen molar-refractivity contribution in [1.82, 2.24) is 19.9 Å². The van der Waals surface area contributed by atoms with E-state index in [0.717, 1.165) is 68.0 Å². The molecule has 304 valence electrons. The van der Waals surface area contributed by atoms with Crippen LogP contribution in [0.3, 0.4) is 0 Å². The van der Waals surface area contributed by atoms with Gasteiger partial charge in [-0.15, -0.1) is 0 Å². The second-order valence-electron chi connectivity index (χ2n) is 17.3. The number of aromatic nitrogens is 4. The standard InChI is InChI=1S/C54H45N7Si2/c1-62(2)48-17-9-5-13-44(48)60(45-14-6-10-18-49(45)62)52-37-53(61-46-15-7-11-19-50(46)63(3,4)51-20-12-8-16-47(51)61)58-54(57-52)59(42-25-21-38(22-26-42)40-29-33-55-34-30-40)43-27-23-39(24-28-43)41-31-35-56-36-32-41/h5-37H,1-4H3. The molecule has 63 heavy (non-hydrogen) atoms. The molecule has 0 bridgehead atoms. The van der Waals surface area contributed by atoms with Crippen LogP contribution in [0.15, 0.2) is 201 Å². The van der Waals surface area contributed by atoms with Crippen molar-refractivity contribution in [2.24, 2.45) is 0 Å². The van der Waals surface area contributed by atoms with E-state index in [-0.39, 0.29) is 0 Å². The van der Waals surface area contributed by atoms with Gasteiger partial charge in [-0.05, 0) is 116 Å². The van der Waals surface area contributed by atoms with Crippen LogP contribution in [-0.2, 0) is 0 Å². The van der Waals surface area contributed by atoms with E-state index in [0.29, 0.717) is 5.95 Å². The molecular formula is C54H45N7Si2. The summed E-state index contributed by atoms with van der Waals surface area (Å²) < 4.78 is 0. The Balaban J connectivity index is 1.18. The fourth-order valence-electron chi connectivity index (χ4n) is 9.65. The van der Waals surface area contributed by atoms with Crippen LogP contribution in [0.1, 0.15) is 0 Å². The number of para-hydroxylation sites is 4. The van der Waals surface area contributed by atoms with Crippen LogP contribution in [0, 0.1) is 0 Å². The molecule has 9 aromatic rings. The van der Waals surface area contributed by atoms with Gasteiger partial charge in [0.05, 0.1) is 0 Å². The monoisotopic (exact) mass is 847 g/mol. The maximum absolute atomic E-state index is 5.67. The molecule has 0 N–H and O–H groups in total. The van der Waals surface area contributed by atoms with E-state index in [2.05, 4.69) is 203 Å². The number of anilines is 9. The van der Waals surface area contributed by atoms with Crippen molar-refractivity contribution in [2.45, 2.75) is 26.2 Å². The molecule has 0 saturated carbocycles. The van der Waals surface area contributed by atoms with Crippen LogP contribution in [0.25, 0.3) is 22.3 Å². The predicted molar refractivity (Wildman–Crippen MR) is 266 cm³/mol. The summed E-state index contributed by atoms with van der Waals surface area (Å²) >= 11 is 0. The van der Waals surface area contributed by atoms with Gasteiger partial charge in [0.15, 0.2) is 0 Å². The lowest BCUT2D eigenvalue weighted by atomic mass is 10.1. The zero-order valence-corrected chi connectivity index (χ0v) is 37.7. The first-order valence-corrected chi connectivity index (χ1v) is 27.5. The minimum absolute atomic E-state index is 0.560. The van der Waals surface area contributed by atoms with E-state index in [9.17, 15) is 0 Å². The first-order chi connectivity index (χ1) is 30.8. The molecular weight excluding hydrogens is 803 g/mol. The quantitative estimate of drug-likeness (QED) is 0.148. The van der Waals surface area contributed by atoms with Crippen LogP contribution in [0.2, 0.25) is 26.2 Å². The van der Waals surface area contributed by atoms with Crippen molar-refractivity contribution >= 4 is 88.6 Å². The summed E-state index contributed by atoms with van der Waals surface area (Å²) in [5.41, 5.74) is 10.9. The Bertz CT molecular complexity index is 2830. The number of hydrogen-bond acceptors (Lipinski definition) is 7. The highest BCUT2D eigenvalue weighted by Crippen LogP contribution is 2.45. The van der Waals surface area contributed by atoms with Crippen molar-refractivity contribution < 1.29 is 0 Å². The first-order valence-electron chi connectivity index (χ1n) is 21.5. The average Bonchev–Trinajstić information content (AvgIpc) is 3.33. The number of benzene rings is 6. The van der Waals surface area contributed by atoms with Gasteiger partial charge in [-0.3, -0.25) is 24.7 Å². The summed E-state index contributed by atoms with van der Waals surface area (Å²) in [5.74, 6) is 2.15. The smallest absolute Gasteiger partial charge is 0.238 e. The van der Waals surface area contributed by atoms with Crippen molar-refractivity contribution in [1.29, 1.82) is 0 Å². The summed E-state index contributed by atoms with van der Waals surface area (Å²) in [6, 6.07) is 63.3. The highest BCUT2D eigenvalue weighted by Gasteiger charge is 2.41. The third kappa shape index (κ3) is 6.47. The predicted octanol–water partition coefficient (Wildman–Crippen LogP) is 11.3. The summed E-state index contributed by atoms with van der Waals surface area (Å²) in [7, 11) is -4.16. The van der Waals surface area contributed by atoms with Gasteiger partial charge in [-0.25, -0.2) is 0 Å². The van der Waals surface area contributed by atoms with Gasteiger partial charge >= 0.3 is 0 Å². The second-order valence-corrected chi connectivity index (χ2v) is 25.9. The lowest BCUT2D eigenvalue weighted by molar-refractivity contribution is 1.04. The molecule has 5 heterocycles. The van der Waals surface area contributed by atoms with Crippen molar-refractivity contribution in [3.8, 4) is 22.3 Å². The molecule has 0 fully saturated rings. The summed E-state index contributed by atoms with van der Waals surface area (Å²) in [4.78, 5) is 26.8. The van der Waals surface area contributed by atoms with Gasteiger partial charge in [0.25, 0.3) is 0 Å². The Morgan fingerprint density at radius 2 is 0.667 bits per heavy atom. The highest BCUT2D eigenvalue weighted by molar-refractivity contribution is 7.03. The number of fused-ring (bicyclic) bond motifs is 4. The van der Waals surface area contributed by atoms with Gasteiger partial charge in [-0.1, -0.05) is 123 Å². The minimum Gasteiger partial charge on any atom is -0.295 e. The van der Waals surface area contributed by atoms with Crippen LogP contribution >= 0.6 is 0 Å². The minimum atomic E-state index is -2.08. The first kappa shape index (κ1) is 38.5. The van der Waals surface area contributed by atoms with E-state index in [1.165, 1.54) is 20.7 Å². The maximum Gasteiger partial charge on any atom is 0.238 e. The van der Waals surface area contributed by atoms with E-state index in [4.69, 9.17) is 9.97 Å². The van der Waals surface area contributed by atoms with Gasteiger partial charge in [-0.2, -0.15) is 9.97 Å². The second kappa shape index (κ2) is 15.2. The van der Waals surface area contributed by atoms with Gasteiger partial charge in [0.2, 0.25) is 5.95 Å². The van der Waals surface area contributed by atoms with Crippen LogP contribution < -0.4 is 35.4 Å². The van der Waals surface area contributed by atoms with Crippen molar-refractivity contribution in [2.75, 3.05) is 14.7 Å². The number of nitrogens with zero attached hydrogens (tertiary/aromatic N) is 7. The Labute approximate surface area is 370 Å². The van der Waals surface area contributed by atoms with Crippen LogP contribution in [0.4, 0.5) is 51.7 Å². The fourth-order valence-corrected chi connectivity index (χ4v) is 15.6. The Morgan fingerprint density at radius 3 is 1.00 bits per heavy atom. The number of hydrogen-bond donors (Lipinski definition) is 0. The molecule has 0 spiro atoms. The van der Waals surface area contributed by atoms with Gasteiger partial charge in [0, 0.05) is 65.0 Å². The zero-order chi connectivity index (χ0) is 42.7. The van der Waals surface area contributed by atoms with E-state index in [1.807, 2.05) is 49.1 Å². The number of rotatable bonds is 7. The molecule has 2 aliphatic rings. The largest absolute Gasteiger partial charge is 0.295 e. The average molecular weight is 848 g/mol. The molecule has 0 aliphatic carbocycles. The Hall–Kier alpha value is -7.47. The molecule has 7 nitrogen and oxygen atoms in total. The van der Waals surface area contributed by atoms with Crippen molar-refractivity contribution in [3.63, 3.8) is 0 Å². The molecule has 9 heteroatoms. The van der Waals surface area contributed by atoms with Crippen LogP contribution in [0.5, 0.6) is 0 Å². The SMILES string of the molecule is C[Si]1(C)c2ccccc2N(c2cc(N3c4ccccc4[Si](C)(C)c4ccccc43)nc(N(c3ccc(-c4ccncc4)cc3)c3ccc(-c4ccncc4)cc3)n2)c2ccccc21. The van der Waals surface area contributed by atoms with Crippen LogP contribution in [-0.4, -0.2) is 36.1 Å². The maximum atomic E-state index is 5.67. The molecule has 0 atom stereocenters. The molecule has 0 radical (unpaired) electrons. The van der Waals surface area contributed by atoms with E-state index >= 15 is 0 Å². The Morgan fingerprint density at radius 1 is 0.365 bits per heavy atom. The fraction of sp³-hybridized carbons (Fsp3) is 0.0741. The molecule has 2 aliphatic heterocycles. The molecule has 0 amide bonds. The van der Waals surface area contributed by atoms with E-state index in [1.54, 1.807) is 0 Å². The van der Waals surface area contributed by atoms with E-state index < -0.39 is 16.1 Å². The lowest BCUT2D eigenvalue weighted by Gasteiger charge is -2.42. The topological polar surface area (TPSA) is 61.3 Å². The molecule has 0 saturated heterocycles. The molecule has 0 unspecified atom stereocenters. The molecule has 11 rings (SSSR count). The van der Waals surface area contributed by atoms with Gasteiger partial charge in [0.1, 0.15) is 27.8 Å². The highest BCUT2D eigenvalue weighted by atomic mass is 28.3. The van der Waals surface area contributed by atoms with Gasteiger partial charge < -0.3 is 0 Å². The lowest BCUT2D eigenvalue weighted by Crippen LogP contribution is -2.58. The summed E-state index contributed by atoms with van der Waals surface area (Å²) in [5, 5.41) is 5.51. The molecule has 3 aromatic heterocycles. The third-order valence-electron chi connectivity index (χ3n) is 12.9.